The molecule has 0 unspecified atom stereocenters. The van der Waals surface area contributed by atoms with Gasteiger partial charge in [0.05, 0.1) is 0 Å². The molecule has 1 aliphatic heterocycles. The molecule has 1 fully saturated rings. The van der Waals surface area contributed by atoms with E-state index in [2.05, 4.69) is 41.2 Å². The smallest absolute Gasteiger partial charge is 0.205 e. The van der Waals surface area contributed by atoms with E-state index >= 15 is 0 Å². The van der Waals surface area contributed by atoms with Crippen LogP contribution in [0.25, 0.3) is 0 Å². The van der Waals surface area contributed by atoms with Crippen LogP contribution in [0, 0.1) is 5.92 Å². The lowest BCUT2D eigenvalue weighted by atomic mass is 10.1. The highest BCUT2D eigenvalue weighted by atomic mass is 32.1. The Morgan fingerprint density at radius 2 is 2.26 bits per heavy atom. The van der Waals surface area contributed by atoms with Crippen LogP contribution in [0.5, 0.6) is 0 Å². The topological polar surface area (TPSA) is 41.1 Å². The molecular weight excluding hydrogens is 256 g/mol. The van der Waals surface area contributed by atoms with E-state index < -0.39 is 0 Å². The van der Waals surface area contributed by atoms with Crippen LogP contribution in [0.4, 0.5) is 5.13 Å². The summed E-state index contributed by atoms with van der Waals surface area (Å²) in [6, 6.07) is 0.668. The molecule has 0 spiro atoms. The van der Waals surface area contributed by atoms with Crippen LogP contribution in [0.3, 0.4) is 0 Å². The Hall–Kier alpha value is -0.680. The van der Waals surface area contributed by atoms with E-state index in [9.17, 15) is 0 Å². The maximum atomic E-state index is 4.22. The van der Waals surface area contributed by atoms with Gasteiger partial charge < -0.3 is 5.32 Å². The fourth-order valence-electron chi connectivity index (χ4n) is 2.68. The second kappa shape index (κ2) is 7.20. The summed E-state index contributed by atoms with van der Waals surface area (Å²) in [5.74, 6) is 0.748. The maximum absolute atomic E-state index is 4.22. The van der Waals surface area contributed by atoms with Crippen LogP contribution in [0.1, 0.15) is 45.0 Å². The molecule has 0 aromatic carbocycles. The molecule has 5 heteroatoms. The van der Waals surface area contributed by atoms with Crippen molar-refractivity contribution in [3.63, 3.8) is 0 Å². The number of nitrogens with one attached hydrogen (secondary N) is 1. The number of aryl methyl sites for hydroxylation is 1. The van der Waals surface area contributed by atoms with Gasteiger partial charge in [0.15, 0.2) is 0 Å². The van der Waals surface area contributed by atoms with Gasteiger partial charge in [-0.3, -0.25) is 4.90 Å². The second-order valence-corrected chi connectivity index (χ2v) is 6.88. The lowest BCUT2D eigenvalue weighted by molar-refractivity contribution is 0.234. The van der Waals surface area contributed by atoms with E-state index in [4.69, 9.17) is 0 Å². The molecule has 1 aromatic heterocycles. The zero-order chi connectivity index (χ0) is 13.7. The number of hydrogen-bond acceptors (Lipinski definition) is 5. The standard InChI is InChI=1S/C14H26N4S/c1-4-6-13-16-17-14(19-13)15-9-12-7-5-8-18(12)10-11(2)3/h11-12H,4-10H2,1-3H3,(H,15,17)/t12-/m1/s1. The number of aromatic nitrogens is 2. The summed E-state index contributed by atoms with van der Waals surface area (Å²) in [6.07, 6.45) is 4.82. The molecule has 1 atom stereocenters. The molecule has 0 bridgehead atoms. The first-order valence-electron chi connectivity index (χ1n) is 7.49. The third-order valence-electron chi connectivity index (χ3n) is 3.52. The fraction of sp³-hybridized carbons (Fsp3) is 0.857. The van der Waals surface area contributed by atoms with Crippen molar-refractivity contribution in [1.29, 1.82) is 0 Å². The molecule has 4 nitrogen and oxygen atoms in total. The SMILES string of the molecule is CCCc1nnc(NC[C@H]2CCCN2CC(C)C)s1. The lowest BCUT2D eigenvalue weighted by Crippen LogP contribution is -2.37. The zero-order valence-electron chi connectivity index (χ0n) is 12.4. The molecular formula is C14H26N4S. The summed E-state index contributed by atoms with van der Waals surface area (Å²) < 4.78 is 0. The lowest BCUT2D eigenvalue weighted by Gasteiger charge is -2.26. The van der Waals surface area contributed by atoms with Crippen molar-refractivity contribution in [1.82, 2.24) is 15.1 Å². The molecule has 1 N–H and O–H groups in total. The Balaban J connectivity index is 1.80. The van der Waals surface area contributed by atoms with Gasteiger partial charge >= 0.3 is 0 Å². The molecule has 0 amide bonds. The normalized spacial score (nSPS) is 20.3. The molecule has 108 valence electrons. The molecule has 0 saturated carbocycles. The van der Waals surface area contributed by atoms with Crippen LogP contribution in [-0.4, -0.2) is 40.8 Å². The van der Waals surface area contributed by atoms with Crippen molar-refractivity contribution >= 4 is 16.5 Å². The van der Waals surface area contributed by atoms with E-state index in [-0.39, 0.29) is 0 Å². The maximum Gasteiger partial charge on any atom is 0.205 e. The minimum absolute atomic E-state index is 0.668. The average Bonchev–Trinajstić information content (AvgIpc) is 2.96. The van der Waals surface area contributed by atoms with Crippen LogP contribution >= 0.6 is 11.3 Å². The van der Waals surface area contributed by atoms with Gasteiger partial charge in [0.2, 0.25) is 5.13 Å². The summed E-state index contributed by atoms with van der Waals surface area (Å²) in [4.78, 5) is 2.62. The zero-order valence-corrected chi connectivity index (χ0v) is 13.2. The minimum Gasteiger partial charge on any atom is -0.359 e. The van der Waals surface area contributed by atoms with E-state index in [1.54, 1.807) is 11.3 Å². The summed E-state index contributed by atoms with van der Waals surface area (Å²) in [7, 11) is 0. The van der Waals surface area contributed by atoms with Gasteiger partial charge in [0.25, 0.3) is 0 Å². The number of rotatable bonds is 7. The monoisotopic (exact) mass is 282 g/mol. The van der Waals surface area contributed by atoms with Gasteiger partial charge in [-0.25, -0.2) is 0 Å². The first kappa shape index (κ1) is 14.7. The predicted octanol–water partition coefficient (Wildman–Crippen LogP) is 3.02. The number of nitrogens with zero attached hydrogens (tertiary/aromatic N) is 3. The third kappa shape index (κ3) is 4.42. The van der Waals surface area contributed by atoms with Gasteiger partial charge in [-0.2, -0.15) is 0 Å². The van der Waals surface area contributed by atoms with Crippen molar-refractivity contribution in [2.45, 2.75) is 52.5 Å². The van der Waals surface area contributed by atoms with E-state index in [0.29, 0.717) is 6.04 Å². The molecule has 2 heterocycles. The highest BCUT2D eigenvalue weighted by Crippen LogP contribution is 2.21. The largest absolute Gasteiger partial charge is 0.359 e. The van der Waals surface area contributed by atoms with Crippen LogP contribution in [0.2, 0.25) is 0 Å². The Labute approximate surface area is 120 Å². The molecule has 2 rings (SSSR count). The van der Waals surface area contributed by atoms with Gasteiger partial charge in [-0.15, -0.1) is 10.2 Å². The summed E-state index contributed by atoms with van der Waals surface area (Å²) in [5, 5.41) is 14.0. The van der Waals surface area contributed by atoms with Crippen LogP contribution in [0.15, 0.2) is 0 Å². The number of hydrogen-bond donors (Lipinski definition) is 1. The molecule has 0 aliphatic carbocycles. The number of likely N-dealkylation sites (tertiary alicyclic amines) is 1. The molecule has 19 heavy (non-hydrogen) atoms. The molecule has 1 saturated heterocycles. The quantitative estimate of drug-likeness (QED) is 0.834. The molecule has 0 radical (unpaired) electrons. The highest BCUT2D eigenvalue weighted by Gasteiger charge is 2.24. The Morgan fingerprint density at radius 3 is 3.00 bits per heavy atom. The fourth-order valence-corrected chi connectivity index (χ4v) is 3.53. The van der Waals surface area contributed by atoms with Crippen molar-refractivity contribution in [3.8, 4) is 0 Å². The van der Waals surface area contributed by atoms with E-state index in [1.165, 1.54) is 25.9 Å². The summed E-state index contributed by atoms with van der Waals surface area (Å²) in [6.45, 7) is 10.2. The van der Waals surface area contributed by atoms with Gasteiger partial charge in [-0.05, 0) is 31.7 Å². The first-order chi connectivity index (χ1) is 9.19. The average molecular weight is 282 g/mol. The van der Waals surface area contributed by atoms with Crippen molar-refractivity contribution in [2.24, 2.45) is 5.92 Å². The van der Waals surface area contributed by atoms with Gasteiger partial charge in [0, 0.05) is 25.6 Å². The van der Waals surface area contributed by atoms with E-state index in [0.717, 1.165) is 35.4 Å². The minimum atomic E-state index is 0.668. The van der Waals surface area contributed by atoms with Crippen molar-refractivity contribution < 1.29 is 0 Å². The van der Waals surface area contributed by atoms with Gasteiger partial charge in [-0.1, -0.05) is 32.1 Å². The van der Waals surface area contributed by atoms with Crippen LogP contribution < -0.4 is 5.32 Å². The third-order valence-corrected chi connectivity index (χ3v) is 4.46. The Bertz CT molecular complexity index is 377. The predicted molar refractivity (Wildman–Crippen MR) is 81.8 cm³/mol. The number of anilines is 1. The van der Waals surface area contributed by atoms with Crippen molar-refractivity contribution in [3.05, 3.63) is 5.01 Å². The summed E-state index contributed by atoms with van der Waals surface area (Å²) >= 11 is 1.70. The van der Waals surface area contributed by atoms with E-state index in [1.807, 2.05) is 0 Å². The molecule has 1 aromatic rings. The van der Waals surface area contributed by atoms with Crippen molar-refractivity contribution in [2.75, 3.05) is 25.0 Å². The Morgan fingerprint density at radius 1 is 1.42 bits per heavy atom. The highest BCUT2D eigenvalue weighted by molar-refractivity contribution is 7.15. The first-order valence-corrected chi connectivity index (χ1v) is 8.31. The Kier molecular flexibility index (Phi) is 5.58. The summed E-state index contributed by atoms with van der Waals surface area (Å²) in [5.41, 5.74) is 0. The second-order valence-electron chi connectivity index (χ2n) is 5.82. The van der Waals surface area contributed by atoms with Crippen LogP contribution in [-0.2, 0) is 6.42 Å². The van der Waals surface area contributed by atoms with Gasteiger partial charge in [0.1, 0.15) is 5.01 Å². The molecule has 1 aliphatic rings.